The normalized spacial score (nSPS) is 14.7. The van der Waals surface area contributed by atoms with Crippen molar-refractivity contribution in [2.24, 2.45) is 5.10 Å². The fraction of sp³-hybridized carbons (Fsp3) is 0.158. The van der Waals surface area contributed by atoms with Crippen LogP contribution in [0.1, 0.15) is 27.8 Å². The molecule has 32 heavy (non-hydrogen) atoms. The summed E-state index contributed by atoms with van der Waals surface area (Å²) in [6, 6.07) is 6.72. The van der Waals surface area contributed by atoms with Crippen molar-refractivity contribution in [3.8, 4) is 0 Å². The van der Waals surface area contributed by atoms with E-state index in [1.165, 1.54) is 0 Å². The number of nitrogens with one attached hydrogen (secondary N) is 1. The van der Waals surface area contributed by atoms with Crippen molar-refractivity contribution in [1.29, 1.82) is 0 Å². The first kappa shape index (κ1) is 29.2. The van der Waals surface area contributed by atoms with Gasteiger partial charge in [-0.1, -0.05) is 12.1 Å². The molecule has 0 atom stereocenters. The van der Waals surface area contributed by atoms with E-state index in [1.807, 2.05) is 26.8 Å². The van der Waals surface area contributed by atoms with Gasteiger partial charge in [0.2, 0.25) is 5.78 Å². The van der Waals surface area contributed by atoms with E-state index < -0.39 is 41.5 Å². The van der Waals surface area contributed by atoms with Gasteiger partial charge in [0, 0.05) is 5.56 Å². The molecule has 0 unspecified atom stereocenters. The minimum Gasteiger partial charge on any atom is -0.744 e. The Bertz CT molecular complexity index is 1370. The van der Waals surface area contributed by atoms with Gasteiger partial charge in [0.15, 0.2) is 0 Å². The number of ketones is 1. The third-order valence-corrected chi connectivity index (χ3v) is 6.36. The molecule has 0 spiro atoms. The molecule has 0 aliphatic heterocycles. The fourth-order valence-electron chi connectivity index (χ4n) is 2.97. The summed E-state index contributed by atoms with van der Waals surface area (Å²) in [5.74, 6) is -1.13. The number of hydrazone groups is 1. The van der Waals surface area contributed by atoms with E-state index in [2.05, 4.69) is 10.5 Å². The first-order valence-corrected chi connectivity index (χ1v) is 11.3. The minimum atomic E-state index is -5.18. The van der Waals surface area contributed by atoms with Crippen LogP contribution in [-0.4, -0.2) is 37.4 Å². The van der Waals surface area contributed by atoms with Crippen molar-refractivity contribution >= 4 is 43.5 Å². The van der Waals surface area contributed by atoms with Crippen LogP contribution >= 0.6 is 0 Å². The smallest absolute Gasteiger partial charge is 0.744 e. The summed E-state index contributed by atoms with van der Waals surface area (Å²) >= 11 is 0. The van der Waals surface area contributed by atoms with E-state index in [0.29, 0.717) is 5.69 Å². The SMILES string of the molecule is Cc1cc(C)c(N/N=C2/C(=O)C(S(=O)(=O)[O-])=Cc3cc(S(=O)(=O)[O-])ccc32)cc1C.[Na+].[Na+]. The van der Waals surface area contributed by atoms with Gasteiger partial charge in [-0.3, -0.25) is 10.2 Å². The van der Waals surface area contributed by atoms with Crippen LogP contribution in [0, 0.1) is 20.8 Å². The number of nitrogens with zero attached hydrogens (tertiary/aromatic N) is 1. The Labute approximate surface area is 230 Å². The molecule has 0 saturated carbocycles. The van der Waals surface area contributed by atoms with E-state index in [9.17, 15) is 30.7 Å². The maximum Gasteiger partial charge on any atom is 1.00 e. The van der Waals surface area contributed by atoms with Gasteiger partial charge < -0.3 is 9.11 Å². The third kappa shape index (κ3) is 6.17. The topological polar surface area (TPSA) is 156 Å². The van der Waals surface area contributed by atoms with Gasteiger partial charge in [0.1, 0.15) is 30.9 Å². The minimum absolute atomic E-state index is 0. The van der Waals surface area contributed by atoms with Crippen LogP contribution in [0.2, 0.25) is 0 Å². The first-order valence-electron chi connectivity index (χ1n) is 8.53. The number of hydrogen-bond donors (Lipinski definition) is 1. The van der Waals surface area contributed by atoms with Crippen LogP contribution in [0.5, 0.6) is 0 Å². The van der Waals surface area contributed by atoms with Gasteiger partial charge in [0.05, 0.1) is 10.6 Å². The molecule has 13 heteroatoms. The van der Waals surface area contributed by atoms with Gasteiger partial charge >= 0.3 is 59.1 Å². The number of carbonyl (C=O) groups excluding carboxylic acids is 1. The number of carbonyl (C=O) groups is 1. The third-order valence-electron chi connectivity index (χ3n) is 4.69. The summed E-state index contributed by atoms with van der Waals surface area (Å²) in [5.41, 5.74) is 5.64. The Hall–Kier alpha value is -0.860. The average Bonchev–Trinajstić information content (AvgIpc) is 2.62. The Kier molecular flexibility index (Phi) is 9.66. The zero-order valence-electron chi connectivity index (χ0n) is 18.1. The molecule has 1 aliphatic rings. The molecule has 1 aliphatic carbocycles. The van der Waals surface area contributed by atoms with Crippen molar-refractivity contribution in [3.63, 3.8) is 0 Å². The molecule has 0 aromatic heterocycles. The van der Waals surface area contributed by atoms with Gasteiger partial charge in [-0.2, -0.15) is 5.10 Å². The Balaban J connectivity index is 0.00000256. The van der Waals surface area contributed by atoms with Gasteiger partial charge in [0.25, 0.3) is 0 Å². The van der Waals surface area contributed by atoms with Gasteiger partial charge in [-0.15, -0.1) is 0 Å². The number of fused-ring (bicyclic) bond motifs is 1. The number of aryl methyl sites for hydroxylation is 3. The molecule has 0 amide bonds. The van der Waals surface area contributed by atoms with E-state index in [1.54, 1.807) is 6.07 Å². The van der Waals surface area contributed by atoms with Crippen LogP contribution in [0.4, 0.5) is 5.69 Å². The number of benzene rings is 2. The molecular weight excluding hydrogens is 478 g/mol. The van der Waals surface area contributed by atoms with Crippen molar-refractivity contribution in [2.75, 3.05) is 5.43 Å². The Morgan fingerprint density at radius 3 is 2.00 bits per heavy atom. The standard InChI is InChI=1S/C19H18N2O7S2.2Na/c1-10-6-12(3)16(7-11(10)2)20-21-18-15-5-4-14(29(23,24)25)8-13(15)9-17(19(18)22)30(26,27)28;;/h4-9,20H,1-3H3,(H,23,24,25)(H,26,27,28);;/q;2*+1/p-2/b21-18+;;. The van der Waals surface area contributed by atoms with Crippen molar-refractivity contribution in [3.05, 3.63) is 63.1 Å². The van der Waals surface area contributed by atoms with Crippen LogP contribution in [0.25, 0.3) is 6.08 Å². The molecular formula is C19H16N2Na2O7S2. The van der Waals surface area contributed by atoms with Crippen molar-refractivity contribution in [2.45, 2.75) is 25.7 Å². The zero-order valence-corrected chi connectivity index (χ0v) is 23.7. The monoisotopic (exact) mass is 494 g/mol. The largest absolute Gasteiger partial charge is 1.00 e. The maximum absolute atomic E-state index is 12.6. The maximum atomic E-state index is 12.6. The molecule has 3 rings (SSSR count). The second-order valence-corrected chi connectivity index (χ2v) is 9.55. The quantitative estimate of drug-likeness (QED) is 0.255. The molecule has 158 valence electrons. The number of rotatable bonds is 4. The van der Waals surface area contributed by atoms with Crippen molar-refractivity contribution < 1.29 is 89.9 Å². The summed E-state index contributed by atoms with van der Waals surface area (Å²) < 4.78 is 68.5. The Morgan fingerprint density at radius 2 is 1.44 bits per heavy atom. The molecule has 0 fully saturated rings. The first-order chi connectivity index (χ1) is 13.8. The van der Waals surface area contributed by atoms with Gasteiger partial charge in [-0.05, 0) is 67.3 Å². The second kappa shape index (κ2) is 10.6. The van der Waals surface area contributed by atoms with E-state index in [4.69, 9.17) is 0 Å². The molecule has 1 N–H and O–H groups in total. The van der Waals surface area contributed by atoms with Crippen LogP contribution in [-0.2, 0) is 25.0 Å². The molecule has 0 bridgehead atoms. The predicted molar refractivity (Wildman–Crippen MR) is 108 cm³/mol. The van der Waals surface area contributed by atoms with Crippen LogP contribution < -0.4 is 64.5 Å². The van der Waals surface area contributed by atoms with E-state index in [-0.39, 0.29) is 70.2 Å². The van der Waals surface area contributed by atoms with Gasteiger partial charge in [-0.25, -0.2) is 16.8 Å². The zero-order chi connectivity index (χ0) is 22.4. The second-order valence-electron chi connectivity index (χ2n) is 6.82. The number of Topliss-reactive ketones (excluding diaryl/α,β-unsaturated/α-hetero) is 1. The van der Waals surface area contributed by atoms with E-state index >= 15 is 0 Å². The fourth-order valence-corrected chi connectivity index (χ4v) is 4.07. The summed E-state index contributed by atoms with van der Waals surface area (Å²) in [5, 5.41) is 4.01. The number of hydrogen-bond acceptors (Lipinski definition) is 9. The molecule has 0 heterocycles. The summed E-state index contributed by atoms with van der Waals surface area (Å²) in [7, 11) is -10.0. The molecule has 0 saturated heterocycles. The van der Waals surface area contributed by atoms with Crippen LogP contribution in [0.3, 0.4) is 0 Å². The molecule has 2 aromatic carbocycles. The number of allylic oxidation sites excluding steroid dienone is 1. The molecule has 0 radical (unpaired) electrons. The van der Waals surface area contributed by atoms with Crippen LogP contribution in [0.15, 0.2) is 45.2 Å². The summed E-state index contributed by atoms with van der Waals surface area (Å²) in [6.07, 6.45) is 0.745. The molecule has 2 aromatic rings. The average molecular weight is 494 g/mol. The summed E-state index contributed by atoms with van der Waals surface area (Å²) in [6.45, 7) is 5.62. The predicted octanol–water partition coefficient (Wildman–Crippen LogP) is -4.19. The van der Waals surface area contributed by atoms with Crippen molar-refractivity contribution in [1.82, 2.24) is 0 Å². The Morgan fingerprint density at radius 1 is 0.844 bits per heavy atom. The molecule has 9 nitrogen and oxygen atoms in total. The number of anilines is 1. The van der Waals surface area contributed by atoms with E-state index in [0.717, 1.165) is 41.0 Å². The summed E-state index contributed by atoms with van der Waals surface area (Å²) in [4.78, 5) is 10.9.